The van der Waals surface area contributed by atoms with Crippen LogP contribution in [0.5, 0.6) is 0 Å². The number of para-hydroxylation sites is 1. The number of rotatable bonds is 7. The molecule has 2 aromatic heterocycles. The van der Waals surface area contributed by atoms with Gasteiger partial charge in [-0.3, -0.25) is 14.6 Å². The maximum atomic E-state index is 11.4. The van der Waals surface area contributed by atoms with Crippen molar-refractivity contribution in [3.05, 3.63) is 36.3 Å². The molecule has 0 saturated carbocycles. The summed E-state index contributed by atoms with van der Waals surface area (Å²) in [7, 11) is 1.53. The van der Waals surface area contributed by atoms with E-state index in [1.807, 2.05) is 18.5 Å². The number of fused-ring (bicyclic) bond motifs is 3. The van der Waals surface area contributed by atoms with Gasteiger partial charge in [0.05, 0.1) is 30.2 Å². The summed E-state index contributed by atoms with van der Waals surface area (Å²) in [5, 5.41) is 2.52. The predicted octanol–water partition coefficient (Wildman–Crippen LogP) is 3.90. The van der Waals surface area contributed by atoms with Crippen LogP contribution in [-0.2, 0) is 16.2 Å². The Hall–Kier alpha value is -2.47. The Morgan fingerprint density at radius 3 is 2.73 bits per heavy atom. The summed E-state index contributed by atoms with van der Waals surface area (Å²) in [6, 6.07) is 8.23. The van der Waals surface area contributed by atoms with Crippen LogP contribution in [0, 0.1) is 0 Å². The Bertz CT molecular complexity index is 917. The molecular formula is C20H26N4O2. The highest BCUT2D eigenvalue weighted by molar-refractivity contribution is 6.03. The highest BCUT2D eigenvalue weighted by Crippen LogP contribution is 2.29. The van der Waals surface area contributed by atoms with Gasteiger partial charge in [0.1, 0.15) is 5.52 Å². The van der Waals surface area contributed by atoms with Crippen LogP contribution in [0.3, 0.4) is 0 Å². The predicted molar refractivity (Wildman–Crippen MR) is 103 cm³/mol. The Kier molecular flexibility index (Phi) is 5.52. The quantitative estimate of drug-likeness (QED) is 0.477. The number of hydroxylamine groups is 2. The molecule has 0 fully saturated rings. The molecule has 2 heterocycles. The lowest BCUT2D eigenvalue weighted by molar-refractivity contribution is -0.173. The van der Waals surface area contributed by atoms with Crippen molar-refractivity contribution in [3.8, 4) is 0 Å². The van der Waals surface area contributed by atoms with Crippen LogP contribution in [0.15, 0.2) is 30.6 Å². The summed E-state index contributed by atoms with van der Waals surface area (Å²) in [5.41, 5.74) is 4.18. The molecule has 6 heteroatoms. The van der Waals surface area contributed by atoms with Crippen molar-refractivity contribution in [2.24, 2.45) is 0 Å². The highest BCUT2D eigenvalue weighted by Gasteiger charge is 2.16. The molecule has 0 aliphatic heterocycles. The molecule has 3 rings (SSSR count). The zero-order chi connectivity index (χ0) is 18.7. The first-order chi connectivity index (χ1) is 12.5. The molecule has 6 nitrogen and oxygen atoms in total. The van der Waals surface area contributed by atoms with E-state index in [4.69, 9.17) is 9.82 Å². The maximum Gasteiger partial charge on any atom is 0.242 e. The second-order valence-electron chi connectivity index (χ2n) is 6.81. The number of hydrogen-bond acceptors (Lipinski definition) is 4. The first kappa shape index (κ1) is 18.3. The van der Waals surface area contributed by atoms with Crippen molar-refractivity contribution in [2.75, 3.05) is 13.7 Å². The number of amides is 1. The lowest BCUT2D eigenvalue weighted by Gasteiger charge is -2.17. The third kappa shape index (κ3) is 3.55. The summed E-state index contributed by atoms with van der Waals surface area (Å²) >= 11 is 0. The van der Waals surface area contributed by atoms with Crippen molar-refractivity contribution in [1.82, 2.24) is 19.6 Å². The minimum absolute atomic E-state index is 0.0702. The van der Waals surface area contributed by atoms with Gasteiger partial charge >= 0.3 is 0 Å². The molecular weight excluding hydrogens is 328 g/mol. The lowest BCUT2D eigenvalue weighted by Crippen LogP contribution is -2.28. The molecule has 0 atom stereocenters. The largest absolute Gasteiger partial charge is 0.330 e. The van der Waals surface area contributed by atoms with Crippen LogP contribution >= 0.6 is 0 Å². The first-order valence-corrected chi connectivity index (χ1v) is 9.08. The van der Waals surface area contributed by atoms with Crippen LogP contribution in [-0.4, -0.2) is 39.2 Å². The van der Waals surface area contributed by atoms with Crippen molar-refractivity contribution >= 4 is 27.8 Å². The molecule has 0 saturated heterocycles. The van der Waals surface area contributed by atoms with Gasteiger partial charge in [0.2, 0.25) is 5.91 Å². The number of unbranched alkanes of at least 4 members (excludes halogenated alkanes) is 1. The number of carbonyl (C=O) groups is 1. The summed E-state index contributed by atoms with van der Waals surface area (Å²) in [6.45, 7) is 7.25. The molecule has 0 radical (unpaired) electrons. The Labute approximate surface area is 153 Å². The van der Waals surface area contributed by atoms with Crippen LogP contribution in [0.4, 0.5) is 0 Å². The second-order valence-corrected chi connectivity index (χ2v) is 6.81. The van der Waals surface area contributed by atoms with Crippen molar-refractivity contribution in [1.29, 1.82) is 0 Å². The third-order valence-electron chi connectivity index (χ3n) is 4.61. The SMILES string of the molecule is CON(CCCCn1cnc2c(C(C)C)nc3ccccc3c21)C(C)=O. The molecule has 0 spiro atoms. The van der Waals surface area contributed by atoms with E-state index in [9.17, 15) is 4.79 Å². The highest BCUT2D eigenvalue weighted by atomic mass is 16.7. The van der Waals surface area contributed by atoms with E-state index < -0.39 is 0 Å². The van der Waals surface area contributed by atoms with E-state index in [0.717, 1.165) is 47.0 Å². The molecule has 0 N–H and O–H groups in total. The Morgan fingerprint density at radius 2 is 2.04 bits per heavy atom. The molecule has 26 heavy (non-hydrogen) atoms. The van der Waals surface area contributed by atoms with Gasteiger partial charge in [0, 0.05) is 25.4 Å². The summed E-state index contributed by atoms with van der Waals surface area (Å²) in [4.78, 5) is 26.0. The fourth-order valence-electron chi connectivity index (χ4n) is 3.29. The van der Waals surface area contributed by atoms with Gasteiger partial charge in [-0.2, -0.15) is 0 Å². The summed E-state index contributed by atoms with van der Waals surface area (Å²) in [6.07, 6.45) is 3.71. The molecule has 3 aromatic rings. The second kappa shape index (κ2) is 7.83. The normalized spacial score (nSPS) is 11.6. The fraction of sp³-hybridized carbons (Fsp3) is 0.450. The van der Waals surface area contributed by atoms with Gasteiger partial charge < -0.3 is 4.57 Å². The van der Waals surface area contributed by atoms with Gasteiger partial charge in [-0.25, -0.2) is 10.0 Å². The lowest BCUT2D eigenvalue weighted by atomic mass is 10.1. The molecule has 138 valence electrons. The molecule has 1 aromatic carbocycles. The minimum atomic E-state index is -0.0702. The van der Waals surface area contributed by atoms with E-state index in [2.05, 4.69) is 35.5 Å². The van der Waals surface area contributed by atoms with Gasteiger partial charge in [0.25, 0.3) is 0 Å². The van der Waals surface area contributed by atoms with E-state index in [1.165, 1.54) is 19.1 Å². The number of pyridine rings is 1. The van der Waals surface area contributed by atoms with Crippen LogP contribution in [0.1, 0.15) is 45.2 Å². The monoisotopic (exact) mass is 354 g/mol. The standard InChI is InChI=1S/C20H26N4O2/c1-14(2)18-19-20(16-9-5-6-10-17(16)22-18)23(13-21-19)11-7-8-12-24(26-4)15(3)25/h5-6,9-10,13-14H,7-8,11-12H2,1-4H3. The van der Waals surface area contributed by atoms with Gasteiger partial charge in [-0.05, 0) is 24.8 Å². The molecule has 0 unspecified atom stereocenters. The van der Waals surface area contributed by atoms with Crippen LogP contribution < -0.4 is 0 Å². The number of benzene rings is 1. The van der Waals surface area contributed by atoms with Crippen LogP contribution in [0.25, 0.3) is 21.9 Å². The molecule has 0 aliphatic carbocycles. The topological polar surface area (TPSA) is 60.2 Å². The molecule has 0 aliphatic rings. The number of aryl methyl sites for hydroxylation is 1. The van der Waals surface area contributed by atoms with E-state index in [0.29, 0.717) is 12.5 Å². The smallest absolute Gasteiger partial charge is 0.242 e. The average Bonchev–Trinajstić information content (AvgIpc) is 3.04. The average molecular weight is 354 g/mol. The van der Waals surface area contributed by atoms with Gasteiger partial charge in [-0.15, -0.1) is 0 Å². The van der Waals surface area contributed by atoms with E-state index in [-0.39, 0.29) is 5.91 Å². The molecule has 0 bridgehead atoms. The zero-order valence-electron chi connectivity index (χ0n) is 15.9. The fourth-order valence-corrected chi connectivity index (χ4v) is 3.29. The van der Waals surface area contributed by atoms with Gasteiger partial charge in [0.15, 0.2) is 0 Å². The molecule has 1 amide bonds. The first-order valence-electron chi connectivity index (χ1n) is 9.08. The number of carbonyl (C=O) groups excluding carboxylic acids is 1. The Morgan fingerprint density at radius 1 is 1.27 bits per heavy atom. The summed E-state index contributed by atoms with van der Waals surface area (Å²) < 4.78 is 2.20. The number of aromatic nitrogens is 3. The summed E-state index contributed by atoms with van der Waals surface area (Å²) in [5.74, 6) is 0.246. The number of imidazole rings is 1. The minimum Gasteiger partial charge on any atom is -0.330 e. The van der Waals surface area contributed by atoms with E-state index in [1.54, 1.807) is 0 Å². The van der Waals surface area contributed by atoms with E-state index >= 15 is 0 Å². The van der Waals surface area contributed by atoms with Crippen LogP contribution in [0.2, 0.25) is 0 Å². The Balaban J connectivity index is 1.86. The van der Waals surface area contributed by atoms with Crippen molar-refractivity contribution in [2.45, 2.75) is 46.1 Å². The number of nitrogens with zero attached hydrogens (tertiary/aromatic N) is 4. The van der Waals surface area contributed by atoms with Gasteiger partial charge in [-0.1, -0.05) is 32.0 Å². The third-order valence-corrected chi connectivity index (χ3v) is 4.61. The number of hydrogen-bond donors (Lipinski definition) is 0. The van der Waals surface area contributed by atoms with Crippen molar-refractivity contribution in [3.63, 3.8) is 0 Å². The van der Waals surface area contributed by atoms with Crippen molar-refractivity contribution < 1.29 is 9.63 Å². The maximum absolute atomic E-state index is 11.4. The zero-order valence-corrected chi connectivity index (χ0v) is 15.9.